The van der Waals surface area contributed by atoms with Gasteiger partial charge in [0, 0.05) is 6.61 Å². The van der Waals surface area contributed by atoms with Gasteiger partial charge in [0.2, 0.25) is 5.91 Å². The molecule has 1 spiro atoms. The van der Waals surface area contributed by atoms with Crippen molar-refractivity contribution in [2.45, 2.75) is 44.2 Å². The van der Waals surface area contributed by atoms with Gasteiger partial charge >= 0.3 is 0 Å². The van der Waals surface area contributed by atoms with Crippen LogP contribution in [0.15, 0.2) is 0 Å². The Bertz CT molecular complexity index is 241. The van der Waals surface area contributed by atoms with E-state index in [1.54, 1.807) is 0 Å². The molecule has 3 nitrogen and oxygen atoms in total. The lowest BCUT2D eigenvalue weighted by atomic mass is 9.57. The third kappa shape index (κ3) is 0.857. The molecule has 3 fully saturated rings. The molecule has 2 heterocycles. The van der Waals surface area contributed by atoms with Gasteiger partial charge in [-0.05, 0) is 25.7 Å². The Morgan fingerprint density at radius 3 is 2.69 bits per heavy atom. The van der Waals surface area contributed by atoms with Gasteiger partial charge in [0.05, 0.1) is 17.6 Å². The van der Waals surface area contributed by atoms with Crippen LogP contribution in [0.25, 0.3) is 0 Å². The van der Waals surface area contributed by atoms with Crippen LogP contribution in [0.1, 0.15) is 32.1 Å². The molecule has 72 valence electrons. The summed E-state index contributed by atoms with van der Waals surface area (Å²) in [5.41, 5.74) is 0.00894. The summed E-state index contributed by atoms with van der Waals surface area (Å²) in [5, 5.41) is 3.01. The Morgan fingerprint density at radius 1 is 1.38 bits per heavy atom. The topological polar surface area (TPSA) is 38.3 Å². The zero-order valence-electron chi connectivity index (χ0n) is 7.71. The first-order valence-electron chi connectivity index (χ1n) is 5.25. The smallest absolute Gasteiger partial charge is 0.228 e. The molecule has 1 aliphatic carbocycles. The average Bonchev–Trinajstić information content (AvgIpc) is 2.48. The predicted molar refractivity (Wildman–Crippen MR) is 47.2 cm³/mol. The van der Waals surface area contributed by atoms with Crippen molar-refractivity contribution >= 4 is 5.91 Å². The molecule has 3 heteroatoms. The number of carbonyl (C=O) groups is 1. The minimum atomic E-state index is 0.00894. The highest BCUT2D eigenvalue weighted by Gasteiger charge is 2.61. The molecular weight excluding hydrogens is 166 g/mol. The zero-order chi connectivity index (χ0) is 8.89. The lowest BCUT2D eigenvalue weighted by molar-refractivity contribution is -0.163. The molecule has 0 aromatic rings. The summed E-state index contributed by atoms with van der Waals surface area (Å²) in [6, 6.07) is 0.344. The summed E-state index contributed by atoms with van der Waals surface area (Å²) < 4.78 is 5.62. The number of hydrogen-bond acceptors (Lipinski definition) is 2. The van der Waals surface area contributed by atoms with E-state index in [-0.39, 0.29) is 11.3 Å². The Hall–Kier alpha value is -0.570. The third-order valence-electron chi connectivity index (χ3n) is 3.92. The molecule has 2 aliphatic heterocycles. The van der Waals surface area contributed by atoms with E-state index >= 15 is 0 Å². The number of ether oxygens (including phenoxy) is 1. The first-order valence-corrected chi connectivity index (χ1v) is 5.25. The molecule has 1 saturated carbocycles. The normalized spacial score (nSPS) is 41.1. The van der Waals surface area contributed by atoms with Gasteiger partial charge in [-0.25, -0.2) is 0 Å². The van der Waals surface area contributed by atoms with E-state index in [1.807, 2.05) is 0 Å². The first kappa shape index (κ1) is 7.80. The molecule has 0 unspecified atom stereocenters. The summed E-state index contributed by atoms with van der Waals surface area (Å²) in [5.74, 6) is 0.277. The number of nitrogens with one attached hydrogen (secondary N) is 1. The van der Waals surface area contributed by atoms with E-state index in [9.17, 15) is 4.79 Å². The Kier molecular flexibility index (Phi) is 1.48. The lowest BCUT2D eigenvalue weighted by Crippen LogP contribution is -2.73. The number of hydrogen-bond donors (Lipinski definition) is 1. The van der Waals surface area contributed by atoms with Crippen LogP contribution in [0.4, 0.5) is 0 Å². The van der Waals surface area contributed by atoms with Crippen LogP contribution >= 0.6 is 0 Å². The van der Waals surface area contributed by atoms with Gasteiger partial charge in [-0.2, -0.15) is 0 Å². The van der Waals surface area contributed by atoms with E-state index in [1.165, 1.54) is 6.42 Å². The van der Waals surface area contributed by atoms with Crippen LogP contribution in [0.3, 0.4) is 0 Å². The highest BCUT2D eigenvalue weighted by molar-refractivity contribution is 5.91. The van der Waals surface area contributed by atoms with Crippen LogP contribution in [0, 0.1) is 5.41 Å². The summed E-state index contributed by atoms with van der Waals surface area (Å²) in [4.78, 5) is 11.4. The van der Waals surface area contributed by atoms with Crippen molar-refractivity contribution in [1.82, 2.24) is 5.32 Å². The maximum Gasteiger partial charge on any atom is 0.228 e. The van der Waals surface area contributed by atoms with E-state index in [4.69, 9.17) is 4.74 Å². The van der Waals surface area contributed by atoms with Crippen molar-refractivity contribution in [1.29, 1.82) is 0 Å². The lowest BCUT2D eigenvalue weighted by Gasteiger charge is -2.56. The maximum atomic E-state index is 11.4. The Morgan fingerprint density at radius 2 is 2.23 bits per heavy atom. The Labute approximate surface area is 77.8 Å². The minimum absolute atomic E-state index is 0.00894. The van der Waals surface area contributed by atoms with Crippen molar-refractivity contribution in [2.75, 3.05) is 6.61 Å². The maximum absolute atomic E-state index is 11.4. The average molecular weight is 181 g/mol. The second-order valence-electron chi connectivity index (χ2n) is 4.51. The van der Waals surface area contributed by atoms with Crippen LogP contribution in [-0.4, -0.2) is 24.7 Å². The number of carbonyl (C=O) groups excluding carboxylic acids is 1. The van der Waals surface area contributed by atoms with Gasteiger partial charge in [0.25, 0.3) is 0 Å². The predicted octanol–water partition coefficient (Wildman–Crippen LogP) is 0.834. The molecule has 1 amide bonds. The molecule has 0 aromatic carbocycles. The van der Waals surface area contributed by atoms with Crippen LogP contribution in [0.5, 0.6) is 0 Å². The fraction of sp³-hybridized carbons (Fsp3) is 0.900. The summed E-state index contributed by atoms with van der Waals surface area (Å²) in [6.45, 7) is 0.882. The first-order chi connectivity index (χ1) is 6.33. The molecule has 3 rings (SSSR count). The largest absolute Gasteiger partial charge is 0.376 e. The molecule has 0 radical (unpaired) electrons. The number of β-lactam (4-membered cyclic amide) rings is 1. The van der Waals surface area contributed by atoms with E-state index in [0.717, 1.165) is 32.3 Å². The molecule has 13 heavy (non-hydrogen) atoms. The monoisotopic (exact) mass is 181 g/mol. The highest BCUT2D eigenvalue weighted by Crippen LogP contribution is 2.51. The van der Waals surface area contributed by atoms with Gasteiger partial charge in [-0.15, -0.1) is 0 Å². The standard InChI is InChI=1S/C10H15NO2/c12-9-10(4-2-5-10)8(11-9)7-3-1-6-13-7/h7-8H,1-6H2,(H,11,12)/t7-,8-/m0/s1. The van der Waals surface area contributed by atoms with Gasteiger partial charge in [0.1, 0.15) is 0 Å². The SMILES string of the molecule is O=C1N[C@@H]([C@@H]2CCCO2)C12CCC2. The van der Waals surface area contributed by atoms with E-state index in [0.29, 0.717) is 12.1 Å². The van der Waals surface area contributed by atoms with Crippen LogP contribution in [-0.2, 0) is 9.53 Å². The van der Waals surface area contributed by atoms with Crippen molar-refractivity contribution in [3.8, 4) is 0 Å². The van der Waals surface area contributed by atoms with Gasteiger partial charge in [-0.1, -0.05) is 6.42 Å². The van der Waals surface area contributed by atoms with Crippen molar-refractivity contribution in [3.63, 3.8) is 0 Å². The van der Waals surface area contributed by atoms with E-state index < -0.39 is 0 Å². The Balaban J connectivity index is 1.75. The molecule has 1 N–H and O–H groups in total. The minimum Gasteiger partial charge on any atom is -0.376 e. The summed E-state index contributed by atoms with van der Waals surface area (Å²) >= 11 is 0. The highest BCUT2D eigenvalue weighted by atomic mass is 16.5. The fourth-order valence-corrected chi connectivity index (χ4v) is 2.90. The third-order valence-corrected chi connectivity index (χ3v) is 3.92. The molecule has 0 bridgehead atoms. The van der Waals surface area contributed by atoms with Crippen LogP contribution in [0.2, 0.25) is 0 Å². The van der Waals surface area contributed by atoms with Crippen molar-refractivity contribution < 1.29 is 9.53 Å². The molecule has 0 aromatic heterocycles. The molecule has 2 saturated heterocycles. The van der Waals surface area contributed by atoms with Crippen molar-refractivity contribution in [2.24, 2.45) is 5.41 Å². The van der Waals surface area contributed by atoms with Crippen molar-refractivity contribution in [3.05, 3.63) is 0 Å². The second kappa shape index (κ2) is 2.47. The van der Waals surface area contributed by atoms with Gasteiger partial charge < -0.3 is 10.1 Å². The van der Waals surface area contributed by atoms with E-state index in [2.05, 4.69) is 5.32 Å². The van der Waals surface area contributed by atoms with Gasteiger partial charge in [-0.3, -0.25) is 4.79 Å². The number of amides is 1. The molecule has 3 aliphatic rings. The van der Waals surface area contributed by atoms with Crippen LogP contribution < -0.4 is 5.32 Å². The number of rotatable bonds is 1. The summed E-state index contributed by atoms with van der Waals surface area (Å²) in [7, 11) is 0. The molecular formula is C10H15NO2. The van der Waals surface area contributed by atoms with Gasteiger partial charge in [0.15, 0.2) is 0 Å². The quantitative estimate of drug-likeness (QED) is 0.609. The summed E-state index contributed by atoms with van der Waals surface area (Å²) in [6.07, 6.45) is 6.00. The zero-order valence-corrected chi connectivity index (χ0v) is 7.71. The second-order valence-corrected chi connectivity index (χ2v) is 4.51. The fourth-order valence-electron chi connectivity index (χ4n) is 2.90. The molecule has 2 atom stereocenters.